The van der Waals surface area contributed by atoms with Crippen molar-refractivity contribution in [1.82, 2.24) is 10.2 Å². The highest BCUT2D eigenvalue weighted by Gasteiger charge is 2.19. The number of hydrogen-bond donors (Lipinski definition) is 3. The molecule has 1 heterocycles. The third kappa shape index (κ3) is 6.39. The minimum absolute atomic E-state index is 0. The maximum atomic E-state index is 9.58. The van der Waals surface area contributed by atoms with Crippen LogP contribution >= 0.6 is 17.0 Å². The van der Waals surface area contributed by atoms with E-state index in [-0.39, 0.29) is 23.1 Å². The first-order valence-corrected chi connectivity index (χ1v) is 8.19. The maximum Gasteiger partial charge on any atom is 0.193 e. The molecule has 1 aliphatic rings. The summed E-state index contributed by atoms with van der Waals surface area (Å²) < 4.78 is 0. The van der Waals surface area contributed by atoms with Crippen molar-refractivity contribution < 1.29 is 5.11 Å². The molecule has 0 bridgehead atoms. The van der Waals surface area contributed by atoms with Crippen molar-refractivity contribution in [3.8, 4) is 0 Å². The number of nitrogens with zero attached hydrogens (tertiary/aromatic N) is 2. The number of nitrogens with one attached hydrogen (secondary N) is 2. The standard InChI is InChI=1S/C17H28N4O.BrH/c1-3-10-19-15-6-4-14(5-7-15)13-20-17(18-2)21-11-8-16(22)9-12-21;/h4-7,16,19,22H,3,8-13H2,1-2H3,(H,18,20);1H. The van der Waals surface area contributed by atoms with Crippen LogP contribution in [-0.2, 0) is 6.54 Å². The van der Waals surface area contributed by atoms with Crippen molar-refractivity contribution in [2.75, 3.05) is 32.0 Å². The Morgan fingerprint density at radius 3 is 2.48 bits per heavy atom. The van der Waals surface area contributed by atoms with E-state index in [4.69, 9.17) is 0 Å². The molecular formula is C17H29BrN4O. The molecule has 0 radical (unpaired) electrons. The normalized spacial score (nSPS) is 16.0. The van der Waals surface area contributed by atoms with Crippen LogP contribution in [0, 0.1) is 0 Å². The fourth-order valence-corrected chi connectivity index (χ4v) is 2.60. The van der Waals surface area contributed by atoms with Gasteiger partial charge in [0.15, 0.2) is 5.96 Å². The summed E-state index contributed by atoms with van der Waals surface area (Å²) in [7, 11) is 1.81. The van der Waals surface area contributed by atoms with E-state index in [0.717, 1.165) is 51.4 Å². The summed E-state index contributed by atoms with van der Waals surface area (Å²) in [5.41, 5.74) is 2.40. The number of aliphatic hydroxyl groups is 1. The van der Waals surface area contributed by atoms with Crippen LogP contribution in [-0.4, -0.2) is 48.8 Å². The Bertz CT molecular complexity index is 470. The fraction of sp³-hybridized carbons (Fsp3) is 0.588. The third-order valence-corrected chi connectivity index (χ3v) is 3.96. The molecule has 1 saturated heterocycles. The zero-order valence-electron chi connectivity index (χ0n) is 14.1. The van der Waals surface area contributed by atoms with E-state index in [2.05, 4.69) is 51.7 Å². The molecule has 1 fully saturated rings. The predicted molar refractivity (Wildman–Crippen MR) is 103 cm³/mol. The predicted octanol–water partition coefficient (Wildman–Crippen LogP) is 2.62. The van der Waals surface area contributed by atoms with Gasteiger partial charge in [-0.2, -0.15) is 0 Å². The molecule has 1 aromatic carbocycles. The Hall–Kier alpha value is -1.27. The molecule has 3 N–H and O–H groups in total. The quantitative estimate of drug-likeness (QED) is 0.539. The molecule has 5 nitrogen and oxygen atoms in total. The highest BCUT2D eigenvalue weighted by molar-refractivity contribution is 8.93. The zero-order valence-corrected chi connectivity index (χ0v) is 15.8. The van der Waals surface area contributed by atoms with Gasteiger partial charge in [-0.25, -0.2) is 0 Å². The summed E-state index contributed by atoms with van der Waals surface area (Å²) >= 11 is 0. The van der Waals surface area contributed by atoms with Gasteiger partial charge in [-0.15, -0.1) is 17.0 Å². The van der Waals surface area contributed by atoms with Gasteiger partial charge in [0.1, 0.15) is 0 Å². The number of anilines is 1. The topological polar surface area (TPSA) is 59.9 Å². The van der Waals surface area contributed by atoms with E-state index >= 15 is 0 Å². The van der Waals surface area contributed by atoms with Gasteiger partial charge in [0.05, 0.1) is 6.10 Å². The summed E-state index contributed by atoms with van der Waals surface area (Å²) in [6, 6.07) is 8.51. The van der Waals surface area contributed by atoms with Crippen molar-refractivity contribution in [3.05, 3.63) is 29.8 Å². The van der Waals surface area contributed by atoms with Crippen molar-refractivity contribution in [1.29, 1.82) is 0 Å². The van der Waals surface area contributed by atoms with Crippen LogP contribution in [0.3, 0.4) is 0 Å². The molecule has 0 saturated carbocycles. The third-order valence-electron chi connectivity index (χ3n) is 3.96. The number of piperidine rings is 1. The molecule has 130 valence electrons. The minimum atomic E-state index is -0.155. The SMILES string of the molecule is Br.CCCNc1ccc(CNC(=NC)N2CCC(O)CC2)cc1. The van der Waals surface area contributed by atoms with Crippen LogP contribution in [0.1, 0.15) is 31.7 Å². The zero-order chi connectivity index (χ0) is 15.8. The Balaban J connectivity index is 0.00000264. The monoisotopic (exact) mass is 384 g/mol. The van der Waals surface area contributed by atoms with Crippen molar-refractivity contribution in [3.63, 3.8) is 0 Å². The second-order valence-corrected chi connectivity index (χ2v) is 5.74. The van der Waals surface area contributed by atoms with Gasteiger partial charge in [-0.05, 0) is 37.0 Å². The van der Waals surface area contributed by atoms with Gasteiger partial charge in [-0.3, -0.25) is 4.99 Å². The van der Waals surface area contributed by atoms with Crippen LogP contribution in [0.5, 0.6) is 0 Å². The lowest BCUT2D eigenvalue weighted by Gasteiger charge is -2.32. The molecule has 2 rings (SSSR count). The average Bonchev–Trinajstić information content (AvgIpc) is 2.56. The molecule has 1 aromatic rings. The molecule has 0 amide bonds. The number of rotatable bonds is 5. The number of likely N-dealkylation sites (tertiary alicyclic amines) is 1. The van der Waals surface area contributed by atoms with E-state index in [9.17, 15) is 5.11 Å². The van der Waals surface area contributed by atoms with Crippen molar-refractivity contribution >= 4 is 28.6 Å². The lowest BCUT2D eigenvalue weighted by atomic mass is 10.1. The summed E-state index contributed by atoms with van der Waals surface area (Å²) in [4.78, 5) is 6.56. The Morgan fingerprint density at radius 2 is 1.91 bits per heavy atom. The van der Waals surface area contributed by atoms with Gasteiger partial charge in [-0.1, -0.05) is 19.1 Å². The van der Waals surface area contributed by atoms with Crippen LogP contribution < -0.4 is 10.6 Å². The average molecular weight is 385 g/mol. The summed E-state index contributed by atoms with van der Waals surface area (Å²) in [5.74, 6) is 0.917. The van der Waals surface area contributed by atoms with E-state index in [1.54, 1.807) is 0 Å². The molecule has 6 heteroatoms. The summed E-state index contributed by atoms with van der Waals surface area (Å²) in [6.07, 6.45) is 2.61. The second-order valence-electron chi connectivity index (χ2n) is 5.74. The van der Waals surface area contributed by atoms with E-state index in [0.29, 0.717) is 0 Å². The van der Waals surface area contributed by atoms with Gasteiger partial charge in [0.25, 0.3) is 0 Å². The Labute approximate surface area is 150 Å². The van der Waals surface area contributed by atoms with Crippen molar-refractivity contribution in [2.45, 2.75) is 38.8 Å². The number of benzene rings is 1. The first kappa shape index (κ1) is 19.8. The van der Waals surface area contributed by atoms with Gasteiger partial charge in [0, 0.05) is 38.9 Å². The number of halogens is 1. The molecule has 0 aromatic heterocycles. The van der Waals surface area contributed by atoms with Crippen LogP contribution in [0.25, 0.3) is 0 Å². The molecule has 0 spiro atoms. The number of guanidine groups is 1. The van der Waals surface area contributed by atoms with E-state index < -0.39 is 0 Å². The minimum Gasteiger partial charge on any atom is -0.393 e. The molecule has 0 atom stereocenters. The fourth-order valence-electron chi connectivity index (χ4n) is 2.60. The number of aliphatic imine (C=N–C) groups is 1. The molecule has 0 unspecified atom stereocenters. The Morgan fingerprint density at radius 1 is 1.26 bits per heavy atom. The van der Waals surface area contributed by atoms with Gasteiger partial charge < -0.3 is 20.6 Å². The number of hydrogen-bond acceptors (Lipinski definition) is 3. The van der Waals surface area contributed by atoms with Gasteiger partial charge >= 0.3 is 0 Å². The lowest BCUT2D eigenvalue weighted by molar-refractivity contribution is 0.108. The van der Waals surface area contributed by atoms with Crippen molar-refractivity contribution in [2.24, 2.45) is 4.99 Å². The van der Waals surface area contributed by atoms with Crippen LogP contribution in [0.15, 0.2) is 29.3 Å². The summed E-state index contributed by atoms with van der Waals surface area (Å²) in [6.45, 7) is 5.66. The van der Waals surface area contributed by atoms with E-state index in [1.807, 2.05) is 7.05 Å². The smallest absolute Gasteiger partial charge is 0.193 e. The van der Waals surface area contributed by atoms with Gasteiger partial charge in [0.2, 0.25) is 0 Å². The first-order valence-electron chi connectivity index (χ1n) is 8.19. The maximum absolute atomic E-state index is 9.58. The molecular weight excluding hydrogens is 356 g/mol. The van der Waals surface area contributed by atoms with Crippen LogP contribution in [0.2, 0.25) is 0 Å². The van der Waals surface area contributed by atoms with Crippen LogP contribution in [0.4, 0.5) is 5.69 Å². The number of aliphatic hydroxyl groups excluding tert-OH is 1. The second kappa shape index (κ2) is 10.5. The Kier molecular flexibility index (Phi) is 9.02. The lowest BCUT2D eigenvalue weighted by Crippen LogP contribution is -2.46. The largest absolute Gasteiger partial charge is 0.393 e. The molecule has 1 aliphatic heterocycles. The molecule has 0 aliphatic carbocycles. The highest BCUT2D eigenvalue weighted by atomic mass is 79.9. The summed E-state index contributed by atoms with van der Waals surface area (Å²) in [5, 5.41) is 16.4. The highest BCUT2D eigenvalue weighted by Crippen LogP contribution is 2.11. The first-order chi connectivity index (χ1) is 10.7. The molecule has 23 heavy (non-hydrogen) atoms. The van der Waals surface area contributed by atoms with E-state index in [1.165, 1.54) is 11.3 Å².